The van der Waals surface area contributed by atoms with E-state index < -0.39 is 0 Å². The van der Waals surface area contributed by atoms with Crippen molar-refractivity contribution >= 4 is 28.9 Å². The quantitative estimate of drug-likeness (QED) is 0.854. The Morgan fingerprint density at radius 1 is 1.14 bits per heavy atom. The van der Waals surface area contributed by atoms with Gasteiger partial charge in [-0.25, -0.2) is 9.97 Å². The summed E-state index contributed by atoms with van der Waals surface area (Å²) < 4.78 is 0. The lowest BCUT2D eigenvalue weighted by atomic mass is 10.2. The fraction of sp³-hybridized carbons (Fsp3) is 0.375. The largest absolute Gasteiger partial charge is 0.369 e. The number of hydrogen-bond donors (Lipinski definition) is 2. The molecule has 0 saturated heterocycles. The highest BCUT2D eigenvalue weighted by Gasteiger charge is 2.06. The Balaban J connectivity index is 2.14. The number of likely N-dealkylation sites (N-methyl/N-ethyl adjacent to an activating group) is 1. The van der Waals surface area contributed by atoms with Crippen molar-refractivity contribution in [1.29, 1.82) is 0 Å². The molecule has 0 spiro atoms. The molecule has 2 N–H and O–H groups in total. The van der Waals surface area contributed by atoms with E-state index in [2.05, 4.69) is 25.5 Å². The number of aromatic nitrogens is 2. The second-order valence-corrected chi connectivity index (χ2v) is 5.86. The SMILES string of the molecule is Cc1nc(NCCN(C)C)cc(Nc2cccc(Cl)c2C)n1. The van der Waals surface area contributed by atoms with Crippen LogP contribution < -0.4 is 10.6 Å². The van der Waals surface area contributed by atoms with Gasteiger partial charge in [-0.2, -0.15) is 0 Å². The molecule has 0 radical (unpaired) electrons. The Kier molecular flexibility index (Phi) is 5.57. The fourth-order valence-corrected chi connectivity index (χ4v) is 2.19. The molecule has 6 heteroatoms. The summed E-state index contributed by atoms with van der Waals surface area (Å²) in [5, 5.41) is 7.35. The highest BCUT2D eigenvalue weighted by Crippen LogP contribution is 2.26. The van der Waals surface area contributed by atoms with Gasteiger partial charge in [-0.15, -0.1) is 0 Å². The number of nitrogens with one attached hydrogen (secondary N) is 2. The topological polar surface area (TPSA) is 53.1 Å². The predicted octanol–water partition coefficient (Wildman–Crippen LogP) is 3.46. The number of halogens is 1. The van der Waals surface area contributed by atoms with Crippen molar-refractivity contribution in [2.45, 2.75) is 13.8 Å². The molecule has 0 aliphatic heterocycles. The van der Waals surface area contributed by atoms with Gasteiger partial charge in [0.05, 0.1) is 0 Å². The summed E-state index contributed by atoms with van der Waals surface area (Å²) in [6, 6.07) is 7.68. The third kappa shape index (κ3) is 4.58. The van der Waals surface area contributed by atoms with Crippen molar-refractivity contribution < 1.29 is 0 Å². The molecule has 0 bridgehead atoms. The van der Waals surface area contributed by atoms with Crippen LogP contribution in [0.5, 0.6) is 0 Å². The molecule has 0 aliphatic carbocycles. The number of aryl methyl sites for hydroxylation is 1. The van der Waals surface area contributed by atoms with Gasteiger partial charge in [-0.1, -0.05) is 17.7 Å². The molecule has 0 saturated carbocycles. The number of rotatable bonds is 6. The molecule has 2 aromatic rings. The van der Waals surface area contributed by atoms with Gasteiger partial charge in [0.25, 0.3) is 0 Å². The number of hydrogen-bond acceptors (Lipinski definition) is 5. The molecule has 0 atom stereocenters. The van der Waals surface area contributed by atoms with E-state index in [-0.39, 0.29) is 0 Å². The van der Waals surface area contributed by atoms with Crippen LogP contribution in [0.4, 0.5) is 17.3 Å². The second-order valence-electron chi connectivity index (χ2n) is 5.45. The maximum Gasteiger partial charge on any atom is 0.136 e. The lowest BCUT2D eigenvalue weighted by Crippen LogP contribution is -2.21. The van der Waals surface area contributed by atoms with Crippen molar-refractivity contribution in [3.8, 4) is 0 Å². The number of anilines is 3. The molecular formula is C16H22ClN5. The van der Waals surface area contributed by atoms with E-state index in [1.807, 2.05) is 52.2 Å². The average molecular weight is 320 g/mol. The molecule has 0 fully saturated rings. The molecule has 1 aromatic carbocycles. The molecule has 1 heterocycles. The average Bonchev–Trinajstić information content (AvgIpc) is 2.43. The lowest BCUT2D eigenvalue weighted by molar-refractivity contribution is 0.425. The summed E-state index contributed by atoms with van der Waals surface area (Å²) in [6.45, 7) is 5.64. The maximum atomic E-state index is 6.15. The van der Waals surface area contributed by atoms with Crippen LogP contribution in [0.2, 0.25) is 5.02 Å². The Bertz CT molecular complexity index is 642. The van der Waals surface area contributed by atoms with Crippen molar-refractivity contribution in [2.24, 2.45) is 0 Å². The smallest absolute Gasteiger partial charge is 0.136 e. The Hall–Kier alpha value is -1.85. The first-order valence-electron chi connectivity index (χ1n) is 7.22. The standard InChI is InChI=1S/C16H22ClN5/c1-11-13(17)6-5-7-14(11)21-16-10-15(19-12(2)20-16)18-8-9-22(3)4/h5-7,10H,8-9H2,1-4H3,(H2,18,19,20,21). The third-order valence-electron chi connectivity index (χ3n) is 3.23. The minimum absolute atomic E-state index is 0.719. The molecule has 1 aromatic heterocycles. The first kappa shape index (κ1) is 16.5. The molecule has 5 nitrogen and oxygen atoms in total. The van der Waals surface area contributed by atoms with Crippen molar-refractivity contribution in [2.75, 3.05) is 37.8 Å². The first-order chi connectivity index (χ1) is 10.5. The van der Waals surface area contributed by atoms with Crippen molar-refractivity contribution in [1.82, 2.24) is 14.9 Å². The van der Waals surface area contributed by atoms with Crippen LogP contribution in [0.25, 0.3) is 0 Å². The van der Waals surface area contributed by atoms with Gasteiger partial charge in [0.1, 0.15) is 17.5 Å². The minimum atomic E-state index is 0.719. The Morgan fingerprint density at radius 2 is 1.86 bits per heavy atom. The molecule has 118 valence electrons. The van der Waals surface area contributed by atoms with Gasteiger partial charge < -0.3 is 15.5 Å². The minimum Gasteiger partial charge on any atom is -0.369 e. The van der Waals surface area contributed by atoms with Crippen LogP contribution in [0.3, 0.4) is 0 Å². The van der Waals surface area contributed by atoms with Gasteiger partial charge in [0.15, 0.2) is 0 Å². The van der Waals surface area contributed by atoms with E-state index in [4.69, 9.17) is 11.6 Å². The molecule has 2 rings (SSSR count). The molecule has 22 heavy (non-hydrogen) atoms. The molecule has 0 unspecified atom stereocenters. The van der Waals surface area contributed by atoms with Crippen LogP contribution in [-0.2, 0) is 0 Å². The van der Waals surface area contributed by atoms with Crippen LogP contribution in [0.1, 0.15) is 11.4 Å². The Labute approximate surface area is 136 Å². The van der Waals surface area contributed by atoms with E-state index in [1.54, 1.807) is 0 Å². The van der Waals surface area contributed by atoms with E-state index >= 15 is 0 Å². The first-order valence-corrected chi connectivity index (χ1v) is 7.60. The summed E-state index contributed by atoms with van der Waals surface area (Å²) in [6.07, 6.45) is 0. The molecule has 0 aliphatic rings. The zero-order chi connectivity index (χ0) is 16.1. The third-order valence-corrected chi connectivity index (χ3v) is 3.64. The summed E-state index contributed by atoms with van der Waals surface area (Å²) in [7, 11) is 4.09. The van der Waals surface area contributed by atoms with Gasteiger partial charge in [-0.3, -0.25) is 0 Å². The van der Waals surface area contributed by atoms with E-state index in [0.29, 0.717) is 0 Å². The van der Waals surface area contributed by atoms with Gasteiger partial charge in [-0.05, 0) is 45.6 Å². The molecular weight excluding hydrogens is 298 g/mol. The lowest BCUT2D eigenvalue weighted by Gasteiger charge is -2.13. The summed E-state index contributed by atoms with van der Waals surface area (Å²) in [5.41, 5.74) is 1.95. The van der Waals surface area contributed by atoms with E-state index in [0.717, 1.165) is 46.8 Å². The monoisotopic (exact) mass is 319 g/mol. The van der Waals surface area contributed by atoms with Crippen LogP contribution in [0, 0.1) is 13.8 Å². The summed E-state index contributed by atoms with van der Waals surface area (Å²) in [5.74, 6) is 2.29. The van der Waals surface area contributed by atoms with Crippen LogP contribution in [-0.4, -0.2) is 42.1 Å². The highest BCUT2D eigenvalue weighted by atomic mass is 35.5. The number of nitrogens with zero attached hydrogens (tertiary/aromatic N) is 3. The predicted molar refractivity (Wildman–Crippen MR) is 93.3 cm³/mol. The Morgan fingerprint density at radius 3 is 2.59 bits per heavy atom. The van der Waals surface area contributed by atoms with Gasteiger partial charge in [0.2, 0.25) is 0 Å². The normalized spacial score (nSPS) is 10.8. The highest BCUT2D eigenvalue weighted by molar-refractivity contribution is 6.31. The van der Waals surface area contributed by atoms with Gasteiger partial charge >= 0.3 is 0 Å². The van der Waals surface area contributed by atoms with E-state index in [9.17, 15) is 0 Å². The molecule has 0 amide bonds. The number of benzene rings is 1. The zero-order valence-corrected chi connectivity index (χ0v) is 14.2. The second kappa shape index (κ2) is 7.42. The van der Waals surface area contributed by atoms with Crippen molar-refractivity contribution in [3.05, 3.63) is 40.7 Å². The zero-order valence-electron chi connectivity index (χ0n) is 13.4. The van der Waals surface area contributed by atoms with Crippen LogP contribution >= 0.6 is 11.6 Å². The van der Waals surface area contributed by atoms with Gasteiger partial charge in [0, 0.05) is 29.9 Å². The summed E-state index contributed by atoms with van der Waals surface area (Å²) >= 11 is 6.15. The fourth-order valence-electron chi connectivity index (χ4n) is 2.01. The van der Waals surface area contributed by atoms with E-state index in [1.165, 1.54) is 0 Å². The summed E-state index contributed by atoms with van der Waals surface area (Å²) in [4.78, 5) is 11.0. The van der Waals surface area contributed by atoms with Crippen LogP contribution in [0.15, 0.2) is 24.3 Å². The van der Waals surface area contributed by atoms with Crippen molar-refractivity contribution in [3.63, 3.8) is 0 Å². The maximum absolute atomic E-state index is 6.15.